The average Bonchev–Trinajstić information content (AvgIpc) is 2.28. The van der Waals surface area contributed by atoms with Crippen molar-refractivity contribution < 1.29 is 0 Å². The van der Waals surface area contributed by atoms with E-state index in [0.717, 1.165) is 28.8 Å². The zero-order chi connectivity index (χ0) is 10.1. The Hall–Kier alpha value is -0.270. The van der Waals surface area contributed by atoms with E-state index in [1.807, 2.05) is 6.07 Å². The van der Waals surface area contributed by atoms with Crippen molar-refractivity contribution in [2.45, 2.75) is 26.2 Å². The van der Waals surface area contributed by atoms with Gasteiger partial charge in [0.25, 0.3) is 0 Å². The predicted octanol–water partition coefficient (Wildman–Crippen LogP) is 4.54. The lowest BCUT2D eigenvalue weighted by Gasteiger charge is -2.08. The van der Waals surface area contributed by atoms with E-state index in [-0.39, 0.29) is 0 Å². The molecule has 74 valence electrons. The largest absolute Gasteiger partial charge is 0.0843 e. The molecular formula is C12H12BrCl. The quantitative estimate of drug-likeness (QED) is 0.608. The Kier molecular flexibility index (Phi) is 2.99. The zero-order valence-electron chi connectivity index (χ0n) is 8.11. The maximum absolute atomic E-state index is 6.02. The molecule has 1 aliphatic rings. The molecule has 0 aliphatic heterocycles. The number of allylic oxidation sites excluding steroid dienone is 2. The zero-order valence-corrected chi connectivity index (χ0v) is 10.5. The van der Waals surface area contributed by atoms with Crippen LogP contribution in [0.15, 0.2) is 28.3 Å². The van der Waals surface area contributed by atoms with Crippen LogP contribution < -0.4 is 0 Å². The minimum Gasteiger partial charge on any atom is -0.0843 e. The van der Waals surface area contributed by atoms with Gasteiger partial charge in [0.2, 0.25) is 0 Å². The van der Waals surface area contributed by atoms with Crippen molar-refractivity contribution in [2.24, 2.45) is 0 Å². The Balaban J connectivity index is 2.47. The minimum absolute atomic E-state index is 0.829. The van der Waals surface area contributed by atoms with Crippen LogP contribution in [0.25, 0.3) is 0 Å². The van der Waals surface area contributed by atoms with Crippen molar-refractivity contribution in [1.29, 1.82) is 0 Å². The van der Waals surface area contributed by atoms with Crippen molar-refractivity contribution in [2.75, 3.05) is 0 Å². The fraction of sp³-hybridized carbons (Fsp3) is 0.333. The molecule has 0 saturated carbocycles. The van der Waals surface area contributed by atoms with Crippen molar-refractivity contribution in [3.05, 3.63) is 44.4 Å². The van der Waals surface area contributed by atoms with Gasteiger partial charge >= 0.3 is 0 Å². The van der Waals surface area contributed by atoms with Crippen LogP contribution in [-0.2, 0) is 12.8 Å². The van der Waals surface area contributed by atoms with Crippen LogP contribution in [0.3, 0.4) is 0 Å². The number of rotatable bonds is 0. The van der Waals surface area contributed by atoms with Gasteiger partial charge in [0.05, 0.1) is 0 Å². The first-order valence-electron chi connectivity index (χ1n) is 4.79. The molecule has 0 aromatic heterocycles. The van der Waals surface area contributed by atoms with E-state index in [4.69, 9.17) is 11.6 Å². The highest BCUT2D eigenvalue weighted by Crippen LogP contribution is 2.30. The molecular weight excluding hydrogens is 259 g/mol. The summed E-state index contributed by atoms with van der Waals surface area (Å²) in [6.45, 7) is 2.20. The third kappa shape index (κ3) is 2.04. The molecule has 0 amide bonds. The summed E-state index contributed by atoms with van der Waals surface area (Å²) in [6.07, 6.45) is 5.60. The third-order valence-electron chi connectivity index (χ3n) is 2.70. The van der Waals surface area contributed by atoms with Gasteiger partial charge in [-0.15, -0.1) is 0 Å². The van der Waals surface area contributed by atoms with Gasteiger partial charge < -0.3 is 0 Å². The lowest BCUT2D eigenvalue weighted by molar-refractivity contribution is 0.946. The van der Waals surface area contributed by atoms with Crippen LogP contribution >= 0.6 is 27.5 Å². The monoisotopic (exact) mass is 270 g/mol. The molecule has 14 heavy (non-hydrogen) atoms. The fourth-order valence-electron chi connectivity index (χ4n) is 1.82. The summed E-state index contributed by atoms with van der Waals surface area (Å²) in [4.78, 5) is 0. The van der Waals surface area contributed by atoms with Gasteiger partial charge in [-0.2, -0.15) is 0 Å². The van der Waals surface area contributed by atoms with Crippen molar-refractivity contribution in [3.8, 4) is 0 Å². The van der Waals surface area contributed by atoms with Crippen LogP contribution in [0.4, 0.5) is 0 Å². The Labute approximate surface area is 98.1 Å². The minimum atomic E-state index is 0.829. The molecule has 2 heteroatoms. The summed E-state index contributed by atoms with van der Waals surface area (Å²) < 4.78 is 1.14. The van der Waals surface area contributed by atoms with Gasteiger partial charge in [-0.3, -0.25) is 0 Å². The first kappa shape index (κ1) is 10.3. The highest BCUT2D eigenvalue weighted by Gasteiger charge is 2.10. The summed E-state index contributed by atoms with van der Waals surface area (Å²) in [7, 11) is 0. The molecule has 0 fully saturated rings. The predicted molar refractivity (Wildman–Crippen MR) is 64.9 cm³/mol. The van der Waals surface area contributed by atoms with Crippen molar-refractivity contribution in [1.82, 2.24) is 0 Å². The first-order valence-corrected chi connectivity index (χ1v) is 5.96. The second-order valence-corrected chi connectivity index (χ2v) is 5.07. The number of halogens is 2. The number of aryl methyl sites for hydroxylation is 1. The Morgan fingerprint density at radius 2 is 2.07 bits per heavy atom. The van der Waals surface area contributed by atoms with Gasteiger partial charge in [0.1, 0.15) is 0 Å². The summed E-state index contributed by atoms with van der Waals surface area (Å²) in [6, 6.07) is 4.07. The summed E-state index contributed by atoms with van der Waals surface area (Å²) in [5.41, 5.74) is 4.26. The Morgan fingerprint density at radius 3 is 2.86 bits per heavy atom. The maximum atomic E-state index is 6.02. The molecule has 0 radical (unpaired) electrons. The highest BCUT2D eigenvalue weighted by atomic mass is 79.9. The standard InChI is InChI=1S/C12H12BrCl/c1-8-2-4-9-6-10(14)7-12(13)11(9)5-3-8/h3,6-7H,2,4-5H2,1H3. The van der Waals surface area contributed by atoms with E-state index < -0.39 is 0 Å². The number of fused-ring (bicyclic) bond motifs is 1. The number of benzene rings is 1. The molecule has 1 aromatic rings. The van der Waals surface area contributed by atoms with E-state index in [1.54, 1.807) is 0 Å². The maximum Gasteiger partial charge on any atom is 0.0420 e. The first-order chi connectivity index (χ1) is 6.66. The van der Waals surface area contributed by atoms with Gasteiger partial charge in [0, 0.05) is 9.50 Å². The lowest BCUT2D eigenvalue weighted by Crippen LogP contribution is -1.92. The molecule has 1 aliphatic carbocycles. The van der Waals surface area contributed by atoms with Crippen LogP contribution in [0.5, 0.6) is 0 Å². The normalized spacial score (nSPS) is 15.8. The van der Waals surface area contributed by atoms with E-state index in [1.165, 1.54) is 16.7 Å². The smallest absolute Gasteiger partial charge is 0.0420 e. The molecule has 0 nitrogen and oxygen atoms in total. The second-order valence-electron chi connectivity index (χ2n) is 3.78. The molecule has 0 N–H and O–H groups in total. The Bertz CT molecular complexity index is 394. The van der Waals surface area contributed by atoms with E-state index >= 15 is 0 Å². The SMILES string of the molecule is CC1=CCc2c(Br)cc(Cl)cc2CC1. The molecule has 1 aromatic carbocycles. The summed E-state index contributed by atoms with van der Waals surface area (Å²) >= 11 is 9.60. The second kappa shape index (κ2) is 4.08. The molecule has 0 unspecified atom stereocenters. The number of hydrogen-bond acceptors (Lipinski definition) is 0. The van der Waals surface area contributed by atoms with Crippen LogP contribution in [-0.4, -0.2) is 0 Å². The fourth-order valence-corrected chi connectivity index (χ4v) is 2.85. The van der Waals surface area contributed by atoms with Crippen LogP contribution in [0.2, 0.25) is 5.02 Å². The van der Waals surface area contributed by atoms with Gasteiger partial charge in [0.15, 0.2) is 0 Å². The summed E-state index contributed by atoms with van der Waals surface area (Å²) in [5, 5.41) is 0.829. The molecule has 0 atom stereocenters. The Morgan fingerprint density at radius 1 is 1.29 bits per heavy atom. The van der Waals surface area contributed by atoms with E-state index in [9.17, 15) is 0 Å². The van der Waals surface area contributed by atoms with E-state index in [2.05, 4.69) is 35.0 Å². The molecule has 0 bridgehead atoms. The van der Waals surface area contributed by atoms with Gasteiger partial charge in [-0.25, -0.2) is 0 Å². The molecule has 0 saturated heterocycles. The van der Waals surface area contributed by atoms with Crippen molar-refractivity contribution >= 4 is 27.5 Å². The van der Waals surface area contributed by atoms with Crippen LogP contribution in [0.1, 0.15) is 24.5 Å². The van der Waals surface area contributed by atoms with Gasteiger partial charge in [-0.1, -0.05) is 39.2 Å². The molecule has 0 heterocycles. The lowest BCUT2D eigenvalue weighted by atomic mass is 10.0. The topological polar surface area (TPSA) is 0 Å². The average molecular weight is 272 g/mol. The highest BCUT2D eigenvalue weighted by molar-refractivity contribution is 9.10. The summed E-state index contributed by atoms with van der Waals surface area (Å²) in [5.74, 6) is 0. The molecule has 2 rings (SSSR count). The number of hydrogen-bond donors (Lipinski definition) is 0. The van der Waals surface area contributed by atoms with Crippen LogP contribution in [0, 0.1) is 0 Å². The van der Waals surface area contributed by atoms with Crippen molar-refractivity contribution in [3.63, 3.8) is 0 Å². The molecule has 0 spiro atoms. The van der Waals surface area contributed by atoms with E-state index in [0.29, 0.717) is 0 Å². The third-order valence-corrected chi connectivity index (χ3v) is 3.62. The van der Waals surface area contributed by atoms with Gasteiger partial charge in [-0.05, 0) is 49.4 Å².